The number of rotatable bonds is 9. The molecule has 36 heavy (non-hydrogen) atoms. The second-order valence-electron chi connectivity index (χ2n) is 10.1. The van der Waals surface area contributed by atoms with E-state index in [1.165, 1.54) is 30.4 Å². The Kier molecular flexibility index (Phi) is 7.41. The van der Waals surface area contributed by atoms with E-state index in [-0.39, 0.29) is 18.7 Å². The van der Waals surface area contributed by atoms with E-state index >= 15 is 0 Å². The zero-order valence-corrected chi connectivity index (χ0v) is 21.7. The van der Waals surface area contributed by atoms with Crippen LogP contribution in [0.4, 0.5) is 16.6 Å². The van der Waals surface area contributed by atoms with Gasteiger partial charge in [-0.25, -0.2) is 9.78 Å². The van der Waals surface area contributed by atoms with Crippen LogP contribution in [0.25, 0.3) is 0 Å². The van der Waals surface area contributed by atoms with Crippen LogP contribution in [0.15, 0.2) is 42.7 Å². The lowest BCUT2D eigenvalue weighted by Crippen LogP contribution is -2.45. The highest BCUT2D eigenvalue weighted by Gasteiger charge is 2.31. The fraction of sp³-hybridized carbons (Fsp3) is 0.536. The first kappa shape index (κ1) is 24.6. The summed E-state index contributed by atoms with van der Waals surface area (Å²) >= 11 is 0. The van der Waals surface area contributed by atoms with Crippen molar-refractivity contribution in [3.05, 3.63) is 59.4 Å². The van der Waals surface area contributed by atoms with E-state index in [1.807, 2.05) is 6.92 Å². The molecule has 0 spiro atoms. The summed E-state index contributed by atoms with van der Waals surface area (Å²) in [6, 6.07) is 9.61. The molecule has 2 atom stereocenters. The number of carbonyl (C=O) groups excluding carboxylic acids is 1. The zero-order valence-electron chi connectivity index (χ0n) is 21.7. The molecule has 0 radical (unpaired) electrons. The molecule has 5 rings (SSSR count). The molecule has 8 nitrogen and oxygen atoms in total. The third-order valence-corrected chi connectivity index (χ3v) is 7.55. The number of piperazine rings is 1. The highest BCUT2D eigenvalue weighted by molar-refractivity contribution is 5.89. The smallest absolute Gasteiger partial charge is 0.415 e. The first-order valence-corrected chi connectivity index (χ1v) is 13.3. The van der Waals surface area contributed by atoms with Crippen LogP contribution in [-0.4, -0.2) is 58.6 Å². The number of aromatic nitrogens is 2. The maximum atomic E-state index is 12.1. The summed E-state index contributed by atoms with van der Waals surface area (Å²) < 4.78 is 5.19. The molecule has 3 heterocycles. The van der Waals surface area contributed by atoms with Gasteiger partial charge in [0.15, 0.2) is 0 Å². The summed E-state index contributed by atoms with van der Waals surface area (Å²) in [5.74, 6) is 2.03. The minimum Gasteiger partial charge on any atom is -0.444 e. The molecule has 1 aromatic heterocycles. The van der Waals surface area contributed by atoms with Gasteiger partial charge in [0.1, 0.15) is 12.4 Å². The summed E-state index contributed by atoms with van der Waals surface area (Å²) in [6.07, 6.45) is 9.75. The minimum atomic E-state index is -0.359. The topological polar surface area (TPSA) is 73.8 Å². The maximum Gasteiger partial charge on any atom is 0.415 e. The number of hydrogen-bond acceptors (Lipinski definition) is 7. The van der Waals surface area contributed by atoms with Crippen LogP contribution in [0, 0.1) is 5.92 Å². The van der Waals surface area contributed by atoms with Gasteiger partial charge < -0.3 is 15.0 Å². The normalized spacial score (nSPS) is 20.2. The van der Waals surface area contributed by atoms with Crippen LogP contribution in [0.1, 0.15) is 68.8 Å². The lowest BCUT2D eigenvalue weighted by molar-refractivity contribution is 0.113. The summed E-state index contributed by atoms with van der Waals surface area (Å²) in [5, 5.41) is 3.42. The number of anilines is 2. The van der Waals surface area contributed by atoms with Gasteiger partial charge in [-0.05, 0) is 50.4 Å². The molecule has 1 amide bonds. The Hall–Kier alpha value is -3.13. The predicted octanol–water partition coefficient (Wildman–Crippen LogP) is 5.12. The second kappa shape index (κ2) is 10.9. The van der Waals surface area contributed by atoms with Gasteiger partial charge in [0.2, 0.25) is 5.95 Å². The Labute approximate surface area is 214 Å². The van der Waals surface area contributed by atoms with Crippen molar-refractivity contribution in [1.29, 1.82) is 0 Å². The SMILES string of the molecule is CC=CN1CCN([C@@H](CC2CC2)c2ccc([C@H](C)Nc3ncc4c(n3)N(CC)C(=O)OC4)cc2)CC1. The quantitative estimate of drug-likeness (QED) is 0.523. The van der Waals surface area contributed by atoms with Gasteiger partial charge in [-0.3, -0.25) is 9.80 Å². The molecule has 0 unspecified atom stereocenters. The van der Waals surface area contributed by atoms with Gasteiger partial charge in [0, 0.05) is 45.0 Å². The van der Waals surface area contributed by atoms with Crippen molar-refractivity contribution in [2.24, 2.45) is 5.92 Å². The fourth-order valence-corrected chi connectivity index (χ4v) is 5.24. The number of allylic oxidation sites excluding steroid dienone is 1. The Bertz CT molecular complexity index is 1080. The molecule has 1 saturated carbocycles. The third kappa shape index (κ3) is 5.48. The molecule has 2 aliphatic heterocycles. The van der Waals surface area contributed by atoms with Gasteiger partial charge in [0.25, 0.3) is 0 Å². The summed E-state index contributed by atoms with van der Waals surface area (Å²) in [4.78, 5) is 27.8. The standard InChI is InChI=1S/C28H38N6O2/c1-4-12-32-13-15-33(16-14-32)25(17-21-6-7-21)23-10-8-22(9-11-23)20(3)30-27-29-18-24-19-36-28(35)34(5-2)26(24)31-27/h4,8-12,18,20-21,25H,5-7,13-17,19H2,1-3H3,(H,29,30,31)/t20-,25-/m0/s1. The lowest BCUT2D eigenvalue weighted by atomic mass is 9.96. The number of nitrogens with one attached hydrogen (secondary N) is 1. The lowest BCUT2D eigenvalue weighted by Gasteiger charge is -2.39. The number of ether oxygens (including phenoxy) is 1. The highest BCUT2D eigenvalue weighted by Crippen LogP contribution is 2.40. The number of carbonyl (C=O) groups is 1. The van der Waals surface area contributed by atoms with E-state index in [9.17, 15) is 4.79 Å². The molecule has 0 bridgehead atoms. The molecule has 1 N–H and O–H groups in total. The molecule has 1 aliphatic carbocycles. The number of amides is 1. The van der Waals surface area contributed by atoms with Crippen LogP contribution < -0.4 is 10.2 Å². The molecule has 2 fully saturated rings. The number of cyclic esters (lactones) is 1. The Morgan fingerprint density at radius 1 is 1.14 bits per heavy atom. The molecular formula is C28H38N6O2. The predicted molar refractivity (Wildman–Crippen MR) is 142 cm³/mol. The Morgan fingerprint density at radius 3 is 2.53 bits per heavy atom. The van der Waals surface area contributed by atoms with Gasteiger partial charge in [0.05, 0.1) is 11.6 Å². The van der Waals surface area contributed by atoms with E-state index in [0.29, 0.717) is 24.4 Å². The zero-order chi connectivity index (χ0) is 25.1. The average Bonchev–Trinajstić information content (AvgIpc) is 3.72. The largest absolute Gasteiger partial charge is 0.444 e. The van der Waals surface area contributed by atoms with Crippen molar-refractivity contribution in [1.82, 2.24) is 19.8 Å². The van der Waals surface area contributed by atoms with Crippen LogP contribution >= 0.6 is 0 Å². The van der Waals surface area contributed by atoms with Crippen molar-refractivity contribution >= 4 is 17.9 Å². The third-order valence-electron chi connectivity index (χ3n) is 7.55. The van der Waals surface area contributed by atoms with Crippen molar-refractivity contribution in [3.63, 3.8) is 0 Å². The van der Waals surface area contributed by atoms with Crippen LogP contribution in [0.3, 0.4) is 0 Å². The molecule has 1 aromatic carbocycles. The monoisotopic (exact) mass is 490 g/mol. The average molecular weight is 491 g/mol. The van der Waals surface area contributed by atoms with Gasteiger partial charge in [-0.1, -0.05) is 43.2 Å². The van der Waals surface area contributed by atoms with Crippen LogP contribution in [0.2, 0.25) is 0 Å². The highest BCUT2D eigenvalue weighted by atomic mass is 16.6. The van der Waals surface area contributed by atoms with Crippen molar-refractivity contribution in [3.8, 4) is 0 Å². The Balaban J connectivity index is 1.26. The summed E-state index contributed by atoms with van der Waals surface area (Å²) in [7, 11) is 0. The van der Waals surface area contributed by atoms with Gasteiger partial charge in [-0.15, -0.1) is 0 Å². The van der Waals surface area contributed by atoms with Crippen LogP contribution in [-0.2, 0) is 11.3 Å². The fourth-order valence-electron chi connectivity index (χ4n) is 5.24. The summed E-state index contributed by atoms with van der Waals surface area (Å²) in [6.45, 7) is 11.3. The van der Waals surface area contributed by atoms with E-state index in [4.69, 9.17) is 4.74 Å². The van der Waals surface area contributed by atoms with Crippen molar-refractivity contribution in [2.75, 3.05) is 42.9 Å². The Morgan fingerprint density at radius 2 is 1.86 bits per heavy atom. The van der Waals surface area contributed by atoms with E-state index in [2.05, 4.69) is 75.5 Å². The number of hydrogen-bond donors (Lipinski definition) is 1. The number of fused-ring (bicyclic) bond motifs is 1. The maximum absolute atomic E-state index is 12.1. The first-order chi connectivity index (χ1) is 17.6. The van der Waals surface area contributed by atoms with Gasteiger partial charge in [-0.2, -0.15) is 4.98 Å². The van der Waals surface area contributed by atoms with E-state index in [1.54, 1.807) is 11.1 Å². The van der Waals surface area contributed by atoms with E-state index < -0.39 is 0 Å². The summed E-state index contributed by atoms with van der Waals surface area (Å²) in [5.41, 5.74) is 3.43. The molecule has 3 aliphatic rings. The van der Waals surface area contributed by atoms with Crippen molar-refractivity contribution in [2.45, 2.75) is 58.7 Å². The number of nitrogens with zero attached hydrogens (tertiary/aromatic N) is 5. The molecule has 2 aromatic rings. The van der Waals surface area contributed by atoms with Crippen molar-refractivity contribution < 1.29 is 9.53 Å². The minimum absolute atomic E-state index is 0.0361. The van der Waals surface area contributed by atoms with E-state index in [0.717, 1.165) is 37.7 Å². The molecule has 8 heteroatoms. The molecule has 1 saturated heterocycles. The number of benzene rings is 1. The molecule has 192 valence electrons. The van der Waals surface area contributed by atoms with Crippen LogP contribution in [0.5, 0.6) is 0 Å². The second-order valence-corrected chi connectivity index (χ2v) is 10.1. The van der Waals surface area contributed by atoms with Gasteiger partial charge >= 0.3 is 6.09 Å². The first-order valence-electron chi connectivity index (χ1n) is 13.3. The molecular weight excluding hydrogens is 452 g/mol.